The van der Waals surface area contributed by atoms with Gasteiger partial charge in [0, 0.05) is 6.54 Å². The summed E-state index contributed by atoms with van der Waals surface area (Å²) in [6.45, 7) is 16.0. The fraction of sp³-hybridized carbons (Fsp3) is 1.00. The van der Waals surface area contributed by atoms with Crippen LogP contribution in [0.5, 0.6) is 0 Å². The van der Waals surface area contributed by atoms with Crippen molar-refractivity contribution in [3.63, 3.8) is 0 Å². The molecule has 0 aliphatic carbocycles. The van der Waals surface area contributed by atoms with Gasteiger partial charge in [-0.05, 0) is 23.8 Å². The molecule has 0 fully saturated rings. The average molecular weight is 171 g/mol. The van der Waals surface area contributed by atoms with Crippen molar-refractivity contribution in [3.8, 4) is 0 Å². The van der Waals surface area contributed by atoms with Crippen molar-refractivity contribution in [2.45, 2.75) is 48.0 Å². The summed E-state index contributed by atoms with van der Waals surface area (Å²) >= 11 is 0. The van der Waals surface area contributed by atoms with E-state index in [9.17, 15) is 0 Å². The van der Waals surface area contributed by atoms with Gasteiger partial charge in [0.2, 0.25) is 0 Å². The SMILES string of the molecule is CCCNCC(C)(C)C(C)(C)C. The number of rotatable bonds is 4. The maximum Gasteiger partial charge on any atom is 0.000752 e. The van der Waals surface area contributed by atoms with Crippen LogP contribution in [0.2, 0.25) is 0 Å². The first-order chi connectivity index (χ1) is 5.31. The van der Waals surface area contributed by atoms with Crippen molar-refractivity contribution in [1.82, 2.24) is 5.32 Å². The standard InChI is InChI=1S/C11H25N/c1-7-8-12-9-11(5,6)10(2,3)4/h12H,7-9H2,1-6H3. The average Bonchev–Trinajstić information content (AvgIpc) is 1.85. The minimum absolute atomic E-state index is 0.377. The van der Waals surface area contributed by atoms with Gasteiger partial charge < -0.3 is 5.32 Å². The van der Waals surface area contributed by atoms with Gasteiger partial charge in [-0.25, -0.2) is 0 Å². The van der Waals surface area contributed by atoms with Gasteiger partial charge >= 0.3 is 0 Å². The lowest BCUT2D eigenvalue weighted by Gasteiger charge is -2.39. The fourth-order valence-electron chi connectivity index (χ4n) is 0.843. The monoisotopic (exact) mass is 171 g/mol. The fourth-order valence-corrected chi connectivity index (χ4v) is 0.843. The van der Waals surface area contributed by atoms with Crippen LogP contribution in [0, 0.1) is 10.8 Å². The third-order valence-electron chi connectivity index (χ3n) is 3.02. The quantitative estimate of drug-likeness (QED) is 0.641. The first-order valence-electron chi connectivity index (χ1n) is 5.02. The molecular weight excluding hydrogens is 146 g/mol. The van der Waals surface area contributed by atoms with Gasteiger partial charge in [-0.2, -0.15) is 0 Å². The molecule has 0 amide bonds. The van der Waals surface area contributed by atoms with Crippen LogP contribution in [0.4, 0.5) is 0 Å². The highest BCUT2D eigenvalue weighted by molar-refractivity contribution is 4.83. The van der Waals surface area contributed by atoms with E-state index < -0.39 is 0 Å². The molecule has 0 saturated heterocycles. The highest BCUT2D eigenvalue weighted by atomic mass is 14.9. The van der Waals surface area contributed by atoms with Gasteiger partial charge in [0.05, 0.1) is 0 Å². The Morgan fingerprint density at radius 3 is 1.83 bits per heavy atom. The van der Waals surface area contributed by atoms with Gasteiger partial charge in [-0.15, -0.1) is 0 Å². The molecule has 0 rings (SSSR count). The van der Waals surface area contributed by atoms with E-state index in [-0.39, 0.29) is 0 Å². The smallest absolute Gasteiger partial charge is 0.000752 e. The zero-order valence-electron chi connectivity index (χ0n) is 9.62. The van der Waals surface area contributed by atoms with Crippen LogP contribution in [-0.4, -0.2) is 13.1 Å². The predicted octanol–water partition coefficient (Wildman–Crippen LogP) is 3.06. The Morgan fingerprint density at radius 1 is 1.00 bits per heavy atom. The molecule has 0 spiro atoms. The van der Waals surface area contributed by atoms with Gasteiger partial charge in [0.1, 0.15) is 0 Å². The number of nitrogens with one attached hydrogen (secondary N) is 1. The van der Waals surface area contributed by atoms with E-state index in [0.717, 1.165) is 13.1 Å². The molecule has 0 radical (unpaired) electrons. The summed E-state index contributed by atoms with van der Waals surface area (Å²) in [6, 6.07) is 0. The Labute approximate surface area is 77.9 Å². The highest BCUT2D eigenvalue weighted by Gasteiger charge is 2.31. The lowest BCUT2D eigenvalue weighted by molar-refractivity contribution is 0.129. The summed E-state index contributed by atoms with van der Waals surface area (Å²) in [7, 11) is 0. The van der Waals surface area contributed by atoms with Gasteiger partial charge in [0.25, 0.3) is 0 Å². The zero-order valence-corrected chi connectivity index (χ0v) is 9.62. The van der Waals surface area contributed by atoms with Crippen molar-refractivity contribution in [2.75, 3.05) is 13.1 Å². The molecule has 0 heterocycles. The molecule has 0 atom stereocenters. The second kappa shape index (κ2) is 4.27. The van der Waals surface area contributed by atoms with Gasteiger partial charge in [0.15, 0.2) is 0 Å². The maximum absolute atomic E-state index is 3.48. The first kappa shape index (κ1) is 12.0. The molecule has 1 N–H and O–H groups in total. The first-order valence-corrected chi connectivity index (χ1v) is 5.02. The topological polar surface area (TPSA) is 12.0 Å². The molecule has 1 nitrogen and oxygen atoms in total. The number of hydrogen-bond donors (Lipinski definition) is 1. The molecule has 0 aromatic heterocycles. The lowest BCUT2D eigenvalue weighted by atomic mass is 9.69. The summed E-state index contributed by atoms with van der Waals surface area (Å²) in [5.41, 5.74) is 0.760. The van der Waals surface area contributed by atoms with E-state index >= 15 is 0 Å². The van der Waals surface area contributed by atoms with E-state index in [1.807, 2.05) is 0 Å². The van der Waals surface area contributed by atoms with Crippen molar-refractivity contribution >= 4 is 0 Å². The summed E-state index contributed by atoms with van der Waals surface area (Å²) in [5, 5.41) is 3.48. The van der Waals surface area contributed by atoms with Crippen LogP contribution in [-0.2, 0) is 0 Å². The molecule has 0 aromatic rings. The molecule has 0 aliphatic heterocycles. The molecule has 0 aliphatic rings. The molecule has 0 saturated carbocycles. The number of hydrogen-bond acceptors (Lipinski definition) is 1. The lowest BCUT2D eigenvalue weighted by Crippen LogP contribution is -2.39. The van der Waals surface area contributed by atoms with Crippen LogP contribution < -0.4 is 5.32 Å². The predicted molar refractivity (Wildman–Crippen MR) is 56.4 cm³/mol. The van der Waals surface area contributed by atoms with Crippen LogP contribution in [0.25, 0.3) is 0 Å². The molecular formula is C11H25N. The molecule has 74 valence electrons. The summed E-state index contributed by atoms with van der Waals surface area (Å²) < 4.78 is 0. The maximum atomic E-state index is 3.48. The van der Waals surface area contributed by atoms with Crippen molar-refractivity contribution in [3.05, 3.63) is 0 Å². The summed E-state index contributed by atoms with van der Waals surface area (Å²) in [6.07, 6.45) is 1.22. The van der Waals surface area contributed by atoms with E-state index in [1.165, 1.54) is 6.42 Å². The minimum atomic E-state index is 0.377. The van der Waals surface area contributed by atoms with Crippen molar-refractivity contribution in [1.29, 1.82) is 0 Å². The second-order valence-electron chi connectivity index (χ2n) is 5.31. The molecule has 12 heavy (non-hydrogen) atoms. The van der Waals surface area contributed by atoms with Crippen molar-refractivity contribution in [2.24, 2.45) is 10.8 Å². The normalized spacial score (nSPS) is 13.5. The molecule has 0 aromatic carbocycles. The Morgan fingerprint density at radius 2 is 1.50 bits per heavy atom. The zero-order chi connectivity index (χ0) is 9.83. The minimum Gasteiger partial charge on any atom is -0.316 e. The van der Waals surface area contributed by atoms with E-state index in [1.54, 1.807) is 0 Å². The highest BCUT2D eigenvalue weighted by Crippen LogP contribution is 2.36. The molecule has 0 unspecified atom stereocenters. The Hall–Kier alpha value is -0.0400. The molecule has 0 bridgehead atoms. The Kier molecular flexibility index (Phi) is 4.25. The van der Waals surface area contributed by atoms with Crippen LogP contribution >= 0.6 is 0 Å². The van der Waals surface area contributed by atoms with E-state index in [0.29, 0.717) is 10.8 Å². The summed E-state index contributed by atoms with van der Waals surface area (Å²) in [5.74, 6) is 0. The Balaban J connectivity index is 3.88. The third kappa shape index (κ3) is 3.57. The largest absolute Gasteiger partial charge is 0.316 e. The van der Waals surface area contributed by atoms with Crippen LogP contribution in [0.15, 0.2) is 0 Å². The van der Waals surface area contributed by atoms with Crippen molar-refractivity contribution < 1.29 is 0 Å². The van der Waals surface area contributed by atoms with E-state index in [4.69, 9.17) is 0 Å². The third-order valence-corrected chi connectivity index (χ3v) is 3.02. The summed E-state index contributed by atoms with van der Waals surface area (Å²) in [4.78, 5) is 0. The van der Waals surface area contributed by atoms with Crippen LogP contribution in [0.1, 0.15) is 48.0 Å². The molecule has 1 heteroatoms. The van der Waals surface area contributed by atoms with Gasteiger partial charge in [-0.1, -0.05) is 41.5 Å². The van der Waals surface area contributed by atoms with Gasteiger partial charge in [-0.3, -0.25) is 0 Å². The second-order valence-corrected chi connectivity index (χ2v) is 5.31. The van der Waals surface area contributed by atoms with E-state index in [2.05, 4.69) is 46.9 Å². The van der Waals surface area contributed by atoms with Crippen LogP contribution in [0.3, 0.4) is 0 Å². The Bertz CT molecular complexity index is 119.